The highest BCUT2D eigenvalue weighted by atomic mass is 19.1. The zero-order valence-corrected chi connectivity index (χ0v) is 14.6. The fourth-order valence-corrected chi connectivity index (χ4v) is 3.07. The highest BCUT2D eigenvalue weighted by molar-refractivity contribution is 5.93. The van der Waals surface area contributed by atoms with E-state index in [4.69, 9.17) is 0 Å². The maximum absolute atomic E-state index is 14.0. The van der Waals surface area contributed by atoms with Crippen molar-refractivity contribution in [1.82, 2.24) is 20.2 Å². The Bertz CT molecular complexity index is 1300. The number of aromatic nitrogens is 4. The number of hydrogen-bond donors (Lipinski definition) is 3. The highest BCUT2D eigenvalue weighted by Gasteiger charge is 2.10. The molecule has 0 aliphatic rings. The van der Waals surface area contributed by atoms with Gasteiger partial charge in [-0.2, -0.15) is 10.1 Å². The van der Waals surface area contributed by atoms with Crippen LogP contribution in [0.4, 0.5) is 27.5 Å². The van der Waals surface area contributed by atoms with Crippen LogP contribution in [-0.2, 0) is 0 Å². The molecule has 0 fully saturated rings. The number of anilines is 4. The molecule has 0 spiro atoms. The topological polar surface area (TPSA) is 78.5 Å². The van der Waals surface area contributed by atoms with Crippen LogP contribution in [0.15, 0.2) is 72.9 Å². The van der Waals surface area contributed by atoms with Crippen LogP contribution < -0.4 is 10.6 Å². The number of halogens is 1. The fraction of sp³-hybridized carbons (Fsp3) is 0. The molecule has 6 nitrogen and oxygen atoms in total. The SMILES string of the molecule is Fc1ccccc1Nc1nc(Nc2ccc3[nH]ncc3c2)c2ccccc2n1. The molecule has 0 unspecified atom stereocenters. The summed E-state index contributed by atoms with van der Waals surface area (Å²) in [5, 5.41) is 15.1. The number of rotatable bonds is 4. The normalized spacial score (nSPS) is 11.0. The van der Waals surface area contributed by atoms with Gasteiger partial charge >= 0.3 is 0 Å². The fourth-order valence-electron chi connectivity index (χ4n) is 3.07. The molecule has 0 radical (unpaired) electrons. The van der Waals surface area contributed by atoms with E-state index in [0.717, 1.165) is 27.5 Å². The average Bonchev–Trinajstić information content (AvgIpc) is 3.18. The van der Waals surface area contributed by atoms with Crippen LogP contribution >= 0.6 is 0 Å². The molecule has 0 bridgehead atoms. The summed E-state index contributed by atoms with van der Waals surface area (Å²) >= 11 is 0. The van der Waals surface area contributed by atoms with Gasteiger partial charge in [0.2, 0.25) is 5.95 Å². The minimum absolute atomic E-state index is 0.315. The first-order valence-corrected chi connectivity index (χ1v) is 8.75. The lowest BCUT2D eigenvalue weighted by molar-refractivity contribution is 0.631. The van der Waals surface area contributed by atoms with Crippen LogP contribution in [-0.4, -0.2) is 20.2 Å². The van der Waals surface area contributed by atoms with Gasteiger partial charge in [0.15, 0.2) is 0 Å². The molecule has 0 aliphatic carbocycles. The molecule has 28 heavy (non-hydrogen) atoms. The van der Waals surface area contributed by atoms with Crippen LogP contribution in [0.2, 0.25) is 0 Å². The predicted molar refractivity (Wildman–Crippen MR) is 109 cm³/mol. The molecule has 3 N–H and O–H groups in total. The Kier molecular flexibility index (Phi) is 3.83. The summed E-state index contributed by atoms with van der Waals surface area (Å²) in [5.41, 5.74) is 2.90. The molecular weight excluding hydrogens is 355 g/mol. The average molecular weight is 370 g/mol. The summed E-state index contributed by atoms with van der Waals surface area (Å²) in [6, 6.07) is 20.0. The number of nitrogens with one attached hydrogen (secondary N) is 3. The Morgan fingerprint density at radius 2 is 1.71 bits per heavy atom. The molecule has 7 heteroatoms. The van der Waals surface area contributed by atoms with E-state index in [2.05, 4.69) is 30.8 Å². The van der Waals surface area contributed by atoms with Gasteiger partial charge in [-0.3, -0.25) is 5.10 Å². The maximum Gasteiger partial charge on any atom is 0.229 e. The second-order valence-corrected chi connectivity index (χ2v) is 6.31. The summed E-state index contributed by atoms with van der Waals surface area (Å²) in [5.74, 6) is 0.585. The van der Waals surface area contributed by atoms with Gasteiger partial charge in [-0.05, 0) is 42.5 Å². The Balaban J connectivity index is 1.57. The van der Waals surface area contributed by atoms with E-state index in [1.165, 1.54) is 6.07 Å². The zero-order chi connectivity index (χ0) is 18.9. The third kappa shape index (κ3) is 2.99. The smallest absolute Gasteiger partial charge is 0.229 e. The lowest BCUT2D eigenvalue weighted by atomic mass is 10.2. The van der Waals surface area contributed by atoms with Crippen molar-refractivity contribution in [2.75, 3.05) is 10.6 Å². The van der Waals surface area contributed by atoms with E-state index in [-0.39, 0.29) is 5.82 Å². The summed E-state index contributed by atoms with van der Waals surface area (Å²) in [4.78, 5) is 9.09. The number of H-pyrrole nitrogens is 1. The summed E-state index contributed by atoms with van der Waals surface area (Å²) < 4.78 is 14.0. The number of benzene rings is 3. The van der Waals surface area contributed by atoms with Crippen molar-refractivity contribution >= 4 is 44.9 Å². The highest BCUT2D eigenvalue weighted by Crippen LogP contribution is 2.28. The Hall–Kier alpha value is -4.00. The van der Waals surface area contributed by atoms with Crippen LogP contribution in [0, 0.1) is 5.82 Å². The maximum atomic E-state index is 14.0. The second kappa shape index (κ2) is 6.62. The first kappa shape index (κ1) is 16.2. The van der Waals surface area contributed by atoms with Crippen molar-refractivity contribution in [1.29, 1.82) is 0 Å². The van der Waals surface area contributed by atoms with Gasteiger partial charge < -0.3 is 10.6 Å². The molecule has 5 aromatic rings. The van der Waals surface area contributed by atoms with E-state index < -0.39 is 0 Å². The van der Waals surface area contributed by atoms with E-state index in [1.54, 1.807) is 24.4 Å². The van der Waals surface area contributed by atoms with Crippen molar-refractivity contribution in [3.63, 3.8) is 0 Å². The lowest BCUT2D eigenvalue weighted by Gasteiger charge is -2.12. The molecule has 0 amide bonds. The minimum atomic E-state index is -0.362. The van der Waals surface area contributed by atoms with Gasteiger partial charge in [0.1, 0.15) is 11.6 Å². The number of nitrogens with zero attached hydrogens (tertiary/aromatic N) is 3. The molecule has 0 atom stereocenters. The molecule has 136 valence electrons. The predicted octanol–water partition coefficient (Wildman–Crippen LogP) is 5.13. The standard InChI is InChI=1S/C21H15FN6/c22-16-6-2-4-8-19(16)26-21-25-18-7-3-1-5-15(18)20(27-21)24-14-9-10-17-13(11-14)12-23-28-17/h1-12H,(H,23,28)(H2,24,25,26,27). The van der Waals surface area contributed by atoms with Crippen LogP contribution in [0.3, 0.4) is 0 Å². The monoisotopic (exact) mass is 370 g/mol. The molecular formula is C21H15FN6. The van der Waals surface area contributed by atoms with E-state index in [1.807, 2.05) is 42.5 Å². The van der Waals surface area contributed by atoms with E-state index in [9.17, 15) is 4.39 Å². The van der Waals surface area contributed by atoms with Crippen molar-refractivity contribution in [2.24, 2.45) is 0 Å². The third-order valence-corrected chi connectivity index (χ3v) is 4.43. The molecule has 2 heterocycles. The zero-order valence-electron chi connectivity index (χ0n) is 14.6. The van der Waals surface area contributed by atoms with E-state index >= 15 is 0 Å². The number of hydrogen-bond acceptors (Lipinski definition) is 5. The van der Waals surface area contributed by atoms with Crippen molar-refractivity contribution < 1.29 is 4.39 Å². The van der Waals surface area contributed by atoms with Gasteiger partial charge in [0, 0.05) is 16.5 Å². The van der Waals surface area contributed by atoms with Crippen LogP contribution in [0.1, 0.15) is 0 Å². The number of aromatic amines is 1. The van der Waals surface area contributed by atoms with Crippen molar-refractivity contribution in [3.8, 4) is 0 Å². The second-order valence-electron chi connectivity index (χ2n) is 6.31. The molecule has 2 aromatic heterocycles. The van der Waals surface area contributed by atoms with Gasteiger partial charge in [0.05, 0.1) is 22.9 Å². The lowest BCUT2D eigenvalue weighted by Crippen LogP contribution is -2.03. The van der Waals surface area contributed by atoms with E-state index in [0.29, 0.717) is 17.5 Å². The van der Waals surface area contributed by atoms with Gasteiger partial charge in [0.25, 0.3) is 0 Å². The van der Waals surface area contributed by atoms with Gasteiger partial charge in [-0.25, -0.2) is 9.37 Å². The van der Waals surface area contributed by atoms with Gasteiger partial charge in [-0.1, -0.05) is 24.3 Å². The summed E-state index contributed by atoms with van der Waals surface area (Å²) in [6.45, 7) is 0. The third-order valence-electron chi connectivity index (χ3n) is 4.43. The Labute approximate surface area is 159 Å². The molecule has 0 saturated carbocycles. The molecule has 5 rings (SSSR count). The van der Waals surface area contributed by atoms with Crippen LogP contribution in [0.5, 0.6) is 0 Å². The Morgan fingerprint density at radius 1 is 0.857 bits per heavy atom. The van der Waals surface area contributed by atoms with Crippen LogP contribution in [0.25, 0.3) is 21.8 Å². The summed E-state index contributed by atoms with van der Waals surface area (Å²) in [7, 11) is 0. The first-order chi connectivity index (χ1) is 13.8. The van der Waals surface area contributed by atoms with Gasteiger partial charge in [-0.15, -0.1) is 0 Å². The quantitative estimate of drug-likeness (QED) is 0.409. The minimum Gasteiger partial charge on any atom is -0.340 e. The molecule has 0 saturated heterocycles. The largest absolute Gasteiger partial charge is 0.340 e. The molecule has 3 aromatic carbocycles. The molecule has 0 aliphatic heterocycles. The van der Waals surface area contributed by atoms with Crippen molar-refractivity contribution in [3.05, 3.63) is 78.7 Å². The summed E-state index contributed by atoms with van der Waals surface area (Å²) in [6.07, 6.45) is 1.77. The van der Waals surface area contributed by atoms with Crippen molar-refractivity contribution in [2.45, 2.75) is 0 Å². The first-order valence-electron chi connectivity index (χ1n) is 8.75. The number of para-hydroxylation sites is 2. The Morgan fingerprint density at radius 3 is 2.64 bits per heavy atom. The number of fused-ring (bicyclic) bond motifs is 2.